The third-order valence-electron chi connectivity index (χ3n) is 2.57. The van der Waals surface area contributed by atoms with Crippen LogP contribution in [-0.2, 0) is 6.54 Å². The van der Waals surface area contributed by atoms with Gasteiger partial charge in [0.05, 0.1) is 6.54 Å². The highest BCUT2D eigenvalue weighted by Crippen LogP contribution is 2.21. The van der Waals surface area contributed by atoms with E-state index in [-0.39, 0.29) is 0 Å². The van der Waals surface area contributed by atoms with Crippen LogP contribution in [0.2, 0.25) is 5.02 Å². The Labute approximate surface area is 115 Å². The van der Waals surface area contributed by atoms with Crippen molar-refractivity contribution in [2.24, 2.45) is 0 Å². The summed E-state index contributed by atoms with van der Waals surface area (Å²) in [7, 11) is 0. The molecule has 0 fully saturated rings. The highest BCUT2D eigenvalue weighted by molar-refractivity contribution is 7.09. The Morgan fingerprint density at radius 2 is 2.11 bits per heavy atom. The van der Waals surface area contributed by atoms with Gasteiger partial charge in [0.15, 0.2) is 5.69 Å². The van der Waals surface area contributed by atoms with Crippen molar-refractivity contribution in [3.8, 4) is 6.07 Å². The summed E-state index contributed by atoms with van der Waals surface area (Å²) in [6, 6.07) is 9.78. The van der Waals surface area contributed by atoms with Gasteiger partial charge >= 0.3 is 0 Å². The summed E-state index contributed by atoms with van der Waals surface area (Å²) >= 11 is 7.39. The fourth-order valence-corrected chi connectivity index (χ4v) is 2.50. The molecule has 5 heteroatoms. The molecule has 2 aromatic rings. The van der Waals surface area contributed by atoms with Crippen molar-refractivity contribution in [3.63, 3.8) is 0 Å². The van der Waals surface area contributed by atoms with Crippen LogP contribution in [0.3, 0.4) is 0 Å². The SMILES string of the molecule is CCN(Cc1nc(C#N)cs1)c1ccc(Cl)cc1. The lowest BCUT2D eigenvalue weighted by Gasteiger charge is -2.21. The molecule has 18 heavy (non-hydrogen) atoms. The van der Waals surface area contributed by atoms with E-state index in [9.17, 15) is 0 Å². The van der Waals surface area contributed by atoms with Crippen LogP contribution < -0.4 is 4.90 Å². The predicted octanol–water partition coefficient (Wildman–Crippen LogP) is 3.69. The minimum Gasteiger partial charge on any atom is -0.365 e. The minimum absolute atomic E-state index is 0.488. The third-order valence-corrected chi connectivity index (χ3v) is 3.65. The van der Waals surface area contributed by atoms with Gasteiger partial charge in [-0.2, -0.15) is 5.26 Å². The molecular weight excluding hydrogens is 266 g/mol. The molecule has 0 bridgehead atoms. The number of anilines is 1. The Morgan fingerprint density at radius 1 is 1.39 bits per heavy atom. The zero-order valence-corrected chi connectivity index (χ0v) is 11.5. The van der Waals surface area contributed by atoms with E-state index in [0.29, 0.717) is 12.2 Å². The molecule has 0 N–H and O–H groups in total. The molecule has 0 saturated heterocycles. The number of hydrogen-bond donors (Lipinski definition) is 0. The molecule has 0 aliphatic heterocycles. The average molecular weight is 278 g/mol. The van der Waals surface area contributed by atoms with E-state index < -0.39 is 0 Å². The van der Waals surface area contributed by atoms with Gasteiger partial charge in [-0.3, -0.25) is 0 Å². The minimum atomic E-state index is 0.488. The lowest BCUT2D eigenvalue weighted by molar-refractivity contribution is 0.824. The maximum Gasteiger partial charge on any atom is 0.151 e. The van der Waals surface area contributed by atoms with E-state index >= 15 is 0 Å². The van der Waals surface area contributed by atoms with E-state index in [0.717, 1.165) is 22.3 Å². The summed E-state index contributed by atoms with van der Waals surface area (Å²) in [5, 5.41) is 12.2. The summed E-state index contributed by atoms with van der Waals surface area (Å²) in [6.45, 7) is 3.68. The van der Waals surface area contributed by atoms with Gasteiger partial charge in [-0.05, 0) is 31.2 Å². The Kier molecular flexibility index (Phi) is 4.19. The quantitative estimate of drug-likeness (QED) is 0.856. The van der Waals surface area contributed by atoms with Crippen LogP contribution in [0, 0.1) is 11.3 Å². The molecule has 92 valence electrons. The highest BCUT2D eigenvalue weighted by Gasteiger charge is 2.08. The number of benzene rings is 1. The first-order valence-corrected chi connectivity index (χ1v) is 6.83. The molecule has 2 rings (SSSR count). The molecule has 1 heterocycles. The van der Waals surface area contributed by atoms with E-state index in [1.54, 1.807) is 5.38 Å². The number of nitriles is 1. The molecule has 1 aromatic heterocycles. The summed E-state index contributed by atoms with van der Waals surface area (Å²) in [4.78, 5) is 6.44. The first-order chi connectivity index (χ1) is 8.72. The van der Waals surface area contributed by atoms with Crippen LogP contribution in [0.15, 0.2) is 29.6 Å². The predicted molar refractivity (Wildman–Crippen MR) is 75.0 cm³/mol. The first-order valence-electron chi connectivity index (χ1n) is 5.58. The number of halogens is 1. The van der Waals surface area contributed by atoms with Gasteiger partial charge < -0.3 is 4.90 Å². The third kappa shape index (κ3) is 3.00. The molecule has 0 amide bonds. The van der Waals surface area contributed by atoms with Gasteiger partial charge in [-0.25, -0.2) is 4.98 Å². The van der Waals surface area contributed by atoms with Crippen LogP contribution in [0.1, 0.15) is 17.6 Å². The summed E-state index contributed by atoms with van der Waals surface area (Å²) < 4.78 is 0. The summed E-state index contributed by atoms with van der Waals surface area (Å²) in [5.74, 6) is 0. The van der Waals surface area contributed by atoms with Gasteiger partial charge in [0.2, 0.25) is 0 Å². The molecular formula is C13H12ClN3S. The lowest BCUT2D eigenvalue weighted by Crippen LogP contribution is -2.21. The summed E-state index contributed by atoms with van der Waals surface area (Å²) in [6.07, 6.45) is 0. The Bertz CT molecular complexity index is 556. The molecule has 1 aromatic carbocycles. The van der Waals surface area contributed by atoms with Crippen molar-refractivity contribution in [1.82, 2.24) is 4.98 Å². The van der Waals surface area contributed by atoms with E-state index in [1.807, 2.05) is 30.3 Å². The Hall–Kier alpha value is -1.57. The van der Waals surface area contributed by atoms with Crippen molar-refractivity contribution >= 4 is 28.6 Å². The molecule has 0 saturated carbocycles. The maximum atomic E-state index is 8.76. The van der Waals surface area contributed by atoms with Gasteiger partial charge in [-0.1, -0.05) is 11.6 Å². The van der Waals surface area contributed by atoms with Crippen molar-refractivity contribution in [2.75, 3.05) is 11.4 Å². The first kappa shape index (κ1) is 12.9. The number of aromatic nitrogens is 1. The second-order valence-electron chi connectivity index (χ2n) is 3.73. The molecule has 0 spiro atoms. The number of hydrogen-bond acceptors (Lipinski definition) is 4. The topological polar surface area (TPSA) is 39.9 Å². The van der Waals surface area contributed by atoms with Crippen LogP contribution in [-0.4, -0.2) is 11.5 Å². The van der Waals surface area contributed by atoms with Crippen molar-refractivity contribution in [2.45, 2.75) is 13.5 Å². The van der Waals surface area contributed by atoms with Crippen molar-refractivity contribution in [1.29, 1.82) is 5.26 Å². The molecule has 0 aliphatic rings. The second-order valence-corrected chi connectivity index (χ2v) is 5.11. The molecule has 3 nitrogen and oxygen atoms in total. The average Bonchev–Trinajstić information content (AvgIpc) is 2.85. The van der Waals surface area contributed by atoms with Gasteiger partial charge in [0, 0.05) is 22.6 Å². The highest BCUT2D eigenvalue weighted by atomic mass is 35.5. The lowest BCUT2D eigenvalue weighted by atomic mass is 10.3. The van der Waals surface area contributed by atoms with Crippen molar-refractivity contribution < 1.29 is 0 Å². The maximum absolute atomic E-state index is 8.76. The fourth-order valence-electron chi connectivity index (χ4n) is 1.64. The Balaban J connectivity index is 2.14. The normalized spacial score (nSPS) is 10.1. The second kappa shape index (κ2) is 5.85. The van der Waals surface area contributed by atoms with E-state index in [1.165, 1.54) is 11.3 Å². The molecule has 0 unspecified atom stereocenters. The largest absolute Gasteiger partial charge is 0.365 e. The summed E-state index contributed by atoms with van der Waals surface area (Å²) in [5.41, 5.74) is 1.60. The molecule has 0 aliphatic carbocycles. The van der Waals surface area contributed by atoms with Gasteiger partial charge in [0.1, 0.15) is 11.1 Å². The van der Waals surface area contributed by atoms with Crippen LogP contribution in [0.4, 0.5) is 5.69 Å². The molecule has 0 atom stereocenters. The van der Waals surface area contributed by atoms with Gasteiger partial charge in [-0.15, -0.1) is 11.3 Å². The number of nitrogens with zero attached hydrogens (tertiary/aromatic N) is 3. The molecule has 0 radical (unpaired) electrons. The number of rotatable bonds is 4. The van der Waals surface area contributed by atoms with Gasteiger partial charge in [0.25, 0.3) is 0 Å². The Morgan fingerprint density at radius 3 is 2.67 bits per heavy atom. The van der Waals surface area contributed by atoms with Crippen LogP contribution >= 0.6 is 22.9 Å². The van der Waals surface area contributed by atoms with Crippen molar-refractivity contribution in [3.05, 3.63) is 45.4 Å². The monoisotopic (exact) mass is 277 g/mol. The zero-order valence-electron chi connectivity index (χ0n) is 9.93. The smallest absolute Gasteiger partial charge is 0.151 e. The van der Waals surface area contributed by atoms with Crippen LogP contribution in [0.5, 0.6) is 0 Å². The fraction of sp³-hybridized carbons (Fsp3) is 0.231. The van der Waals surface area contributed by atoms with Crippen LogP contribution in [0.25, 0.3) is 0 Å². The zero-order chi connectivity index (χ0) is 13.0. The standard InChI is InChI=1S/C13H12ClN3S/c1-2-17(12-5-3-10(14)4-6-12)8-13-16-11(7-15)9-18-13/h3-6,9H,2,8H2,1H3. The van der Waals surface area contributed by atoms with E-state index in [4.69, 9.17) is 16.9 Å². The number of thiazole rings is 1. The van der Waals surface area contributed by atoms with E-state index in [2.05, 4.69) is 16.8 Å².